The van der Waals surface area contributed by atoms with Gasteiger partial charge in [-0.3, -0.25) is 39.2 Å². The molecule has 0 aliphatic heterocycles. The number of nitrogen functional groups attached to an aromatic ring is 1. The topological polar surface area (TPSA) is 426 Å². The number of aromatic amines is 1. The zero-order chi connectivity index (χ0) is 47.3. The van der Waals surface area contributed by atoms with Crippen molar-refractivity contribution in [1.29, 1.82) is 5.41 Å². The second-order valence-corrected chi connectivity index (χ2v) is 14.6. The SMILES string of the molecule is CSC[C@H](NC(=O)[C@H](CC=O)NC(=O)[C@H](CCCNC(=N)N)NC(=O)[C@H](CC=O)NC(=O)CC[C@H](NC(=O)c1ccc(NCc2cnc3nc(N)[nH]c(=O)c3n2)cc1)C(=O)O)C(=O)O. The van der Waals surface area contributed by atoms with Crippen LogP contribution < -0.4 is 54.2 Å². The van der Waals surface area contributed by atoms with Gasteiger partial charge in [-0.15, -0.1) is 0 Å². The molecule has 26 nitrogen and oxygen atoms in total. The van der Waals surface area contributed by atoms with E-state index < -0.39 is 103 Å². The van der Waals surface area contributed by atoms with E-state index in [0.717, 1.165) is 11.8 Å². The maximum absolute atomic E-state index is 13.4. The molecule has 0 spiro atoms. The minimum atomic E-state index is -1.58. The lowest BCUT2D eigenvalue weighted by Crippen LogP contribution is -2.58. The fourth-order valence-electron chi connectivity index (χ4n) is 5.64. The van der Waals surface area contributed by atoms with Gasteiger partial charge in [0.25, 0.3) is 11.5 Å². The first kappa shape index (κ1) is 50.6. The number of carboxylic acids is 2. The van der Waals surface area contributed by atoms with E-state index in [0.29, 0.717) is 24.0 Å². The third-order valence-corrected chi connectivity index (χ3v) is 9.55. The van der Waals surface area contributed by atoms with E-state index in [1.807, 2.05) is 0 Å². The molecule has 2 heterocycles. The molecule has 0 saturated carbocycles. The van der Waals surface area contributed by atoms with Crippen molar-refractivity contribution in [3.8, 4) is 0 Å². The van der Waals surface area contributed by atoms with Crippen LogP contribution in [-0.4, -0.2) is 139 Å². The summed E-state index contributed by atoms with van der Waals surface area (Å²) in [5.41, 5.74) is 11.3. The minimum Gasteiger partial charge on any atom is -0.480 e. The molecule has 3 aromatic rings. The molecule has 3 rings (SSSR count). The fraction of sp³-hybridized carbons (Fsp3) is 0.405. The number of carbonyl (C=O) groups excluding carboxylic acids is 7. The number of aldehydes is 2. The Morgan fingerprint density at radius 1 is 0.828 bits per heavy atom. The second kappa shape index (κ2) is 25.3. The summed E-state index contributed by atoms with van der Waals surface area (Å²) >= 11 is 1.12. The number of guanidine groups is 1. The summed E-state index contributed by atoms with van der Waals surface area (Å²) in [4.78, 5) is 139. The smallest absolute Gasteiger partial charge is 0.327 e. The Morgan fingerprint density at radius 2 is 1.42 bits per heavy atom. The van der Waals surface area contributed by atoms with E-state index in [1.54, 1.807) is 6.26 Å². The number of carbonyl (C=O) groups is 9. The molecule has 5 atom stereocenters. The number of nitrogens with zero attached hydrogens (tertiary/aromatic N) is 3. The average molecular weight is 913 g/mol. The number of hydrogen-bond donors (Lipinski definition) is 13. The van der Waals surface area contributed by atoms with Crippen molar-refractivity contribution in [3.63, 3.8) is 0 Å². The van der Waals surface area contributed by atoms with Crippen molar-refractivity contribution in [2.24, 2.45) is 5.73 Å². The van der Waals surface area contributed by atoms with Gasteiger partial charge >= 0.3 is 11.9 Å². The molecule has 27 heteroatoms. The monoisotopic (exact) mass is 912 g/mol. The number of benzene rings is 1. The number of anilines is 2. The molecule has 0 aliphatic carbocycles. The molecule has 64 heavy (non-hydrogen) atoms. The Morgan fingerprint density at radius 3 is 2.02 bits per heavy atom. The molecule has 15 N–H and O–H groups in total. The molecule has 0 aliphatic rings. The summed E-state index contributed by atoms with van der Waals surface area (Å²) in [5, 5.41) is 43.7. The Kier molecular flexibility index (Phi) is 20.0. The molecular weight excluding hydrogens is 865 g/mol. The van der Waals surface area contributed by atoms with Crippen LogP contribution in [0.2, 0.25) is 0 Å². The fourth-order valence-corrected chi connectivity index (χ4v) is 6.20. The summed E-state index contributed by atoms with van der Waals surface area (Å²) in [6.45, 7) is 0.190. The highest BCUT2D eigenvalue weighted by atomic mass is 32.2. The predicted molar refractivity (Wildman–Crippen MR) is 229 cm³/mol. The second-order valence-electron chi connectivity index (χ2n) is 13.7. The van der Waals surface area contributed by atoms with Crippen LogP contribution in [0.25, 0.3) is 11.2 Å². The summed E-state index contributed by atoms with van der Waals surface area (Å²) in [6.07, 6.45) is 1.43. The Hall–Kier alpha value is -7.71. The van der Waals surface area contributed by atoms with Crippen LogP contribution >= 0.6 is 11.8 Å². The molecular formula is C37H48N14O12S. The quantitative estimate of drug-likeness (QED) is 0.0154. The Labute approximate surface area is 367 Å². The van der Waals surface area contributed by atoms with Gasteiger partial charge in [-0.1, -0.05) is 0 Å². The van der Waals surface area contributed by atoms with E-state index in [1.165, 1.54) is 30.5 Å². The maximum Gasteiger partial charge on any atom is 0.327 e. The Balaban J connectivity index is 1.62. The number of thioether (sulfide) groups is 1. The van der Waals surface area contributed by atoms with E-state index in [9.17, 15) is 58.2 Å². The summed E-state index contributed by atoms with van der Waals surface area (Å²) in [5.74, 6) is -8.06. The van der Waals surface area contributed by atoms with Crippen LogP contribution in [0.5, 0.6) is 0 Å². The van der Waals surface area contributed by atoms with E-state index >= 15 is 0 Å². The maximum atomic E-state index is 13.4. The standard InChI is InChI=1S/C37H48N14O12S/c1-64-17-25(35(62)63)49-32(58)23(11-14-53)47-30(56)21(3-2-12-41-36(38)39)46-31(57)22(10-13-52)45-26(54)9-8-24(34(60)61)48-29(55)18-4-6-19(7-5-18)42-15-20-16-43-28-27(44-20)33(59)51-37(40)50-28/h4-7,13-14,16,21-25,42H,2-3,8-12,15,17H2,1H3,(H,45,54)(H,46,57)(H,47,56)(H,48,55)(H,49,58)(H,60,61)(H,62,63)(H4,38,39,41)(H3,40,43,50,51,59)/t21-,22-,23-,24-,25-/m0/s1. The third kappa shape index (κ3) is 16.3. The summed E-state index contributed by atoms with van der Waals surface area (Å²) in [6, 6.07) is -1.65. The number of amides is 5. The normalized spacial score (nSPS) is 13.1. The number of aromatic nitrogens is 4. The lowest BCUT2D eigenvalue weighted by Gasteiger charge is -2.25. The number of fused-ring (bicyclic) bond motifs is 1. The van der Waals surface area contributed by atoms with Crippen molar-refractivity contribution in [2.75, 3.05) is 29.6 Å². The zero-order valence-electron chi connectivity index (χ0n) is 34.2. The number of aliphatic carboxylic acids is 2. The third-order valence-electron chi connectivity index (χ3n) is 8.88. The van der Waals surface area contributed by atoms with Gasteiger partial charge in [0.15, 0.2) is 17.1 Å². The molecule has 5 amide bonds. The molecule has 0 bridgehead atoms. The molecule has 0 unspecified atom stereocenters. The van der Waals surface area contributed by atoms with Crippen molar-refractivity contribution >= 4 is 94.6 Å². The average Bonchev–Trinajstić information content (AvgIpc) is 3.24. The van der Waals surface area contributed by atoms with Crippen LogP contribution in [0.4, 0.5) is 11.6 Å². The summed E-state index contributed by atoms with van der Waals surface area (Å²) < 4.78 is 0. The number of H-pyrrole nitrogens is 1. The van der Waals surface area contributed by atoms with Gasteiger partial charge < -0.3 is 68.5 Å². The van der Waals surface area contributed by atoms with Crippen LogP contribution in [0.3, 0.4) is 0 Å². The summed E-state index contributed by atoms with van der Waals surface area (Å²) in [7, 11) is 0. The number of carboxylic acid groups (broad SMARTS) is 2. The molecule has 0 saturated heterocycles. The van der Waals surface area contributed by atoms with Gasteiger partial charge in [0.1, 0.15) is 42.8 Å². The van der Waals surface area contributed by atoms with Crippen LogP contribution in [-0.2, 0) is 44.9 Å². The lowest BCUT2D eigenvalue weighted by atomic mass is 10.1. The molecule has 0 fully saturated rings. The first-order valence-electron chi connectivity index (χ1n) is 19.2. The first-order chi connectivity index (χ1) is 30.4. The lowest BCUT2D eigenvalue weighted by molar-refractivity contribution is -0.141. The molecule has 1 aromatic carbocycles. The van der Waals surface area contributed by atoms with Gasteiger partial charge in [-0.25, -0.2) is 19.6 Å². The van der Waals surface area contributed by atoms with E-state index in [4.69, 9.17) is 16.9 Å². The number of nitrogens with one attached hydrogen (secondary N) is 9. The highest BCUT2D eigenvalue weighted by Gasteiger charge is 2.31. The van der Waals surface area contributed by atoms with Crippen LogP contribution in [0.1, 0.15) is 54.6 Å². The van der Waals surface area contributed by atoms with Gasteiger partial charge in [-0.05, 0) is 49.8 Å². The van der Waals surface area contributed by atoms with Gasteiger partial charge in [-0.2, -0.15) is 16.7 Å². The van der Waals surface area contributed by atoms with Gasteiger partial charge in [0.05, 0.1) is 18.4 Å². The number of nitrogens with two attached hydrogens (primary N) is 2. The van der Waals surface area contributed by atoms with Gasteiger partial charge in [0.2, 0.25) is 29.6 Å². The van der Waals surface area contributed by atoms with E-state index in [-0.39, 0.29) is 60.3 Å². The van der Waals surface area contributed by atoms with Crippen molar-refractivity contribution < 1.29 is 53.4 Å². The largest absolute Gasteiger partial charge is 0.480 e. The van der Waals surface area contributed by atoms with Gasteiger partial charge in [0, 0.05) is 42.8 Å². The molecule has 2 aromatic heterocycles. The highest BCUT2D eigenvalue weighted by molar-refractivity contribution is 7.98. The minimum absolute atomic E-state index is 0.00943. The van der Waals surface area contributed by atoms with E-state index in [2.05, 4.69) is 57.2 Å². The van der Waals surface area contributed by atoms with Crippen molar-refractivity contribution in [2.45, 2.75) is 75.3 Å². The number of hydrogen-bond acceptors (Lipinski definition) is 17. The van der Waals surface area contributed by atoms with Crippen molar-refractivity contribution in [1.82, 2.24) is 51.8 Å². The number of rotatable bonds is 27. The van der Waals surface area contributed by atoms with Crippen LogP contribution in [0.15, 0.2) is 35.3 Å². The zero-order valence-corrected chi connectivity index (χ0v) is 35.0. The first-order valence-corrected chi connectivity index (χ1v) is 20.6. The molecule has 344 valence electrons. The predicted octanol–water partition coefficient (Wildman–Crippen LogP) is -3.30. The van der Waals surface area contributed by atoms with Crippen LogP contribution in [0, 0.1) is 5.41 Å². The highest BCUT2D eigenvalue weighted by Crippen LogP contribution is 2.13. The Bertz CT molecular complexity index is 2260. The molecule has 0 radical (unpaired) electrons. The van der Waals surface area contributed by atoms with Crippen molar-refractivity contribution in [3.05, 3.63) is 52.1 Å².